The Hall–Kier alpha value is -1.81. The number of aryl methyl sites for hydroxylation is 1. The van der Waals surface area contributed by atoms with E-state index in [0.717, 1.165) is 50.5 Å². The fourth-order valence-electron chi connectivity index (χ4n) is 5.77. The first-order chi connectivity index (χ1) is 18.0. The molecule has 2 N–H and O–H groups in total. The summed E-state index contributed by atoms with van der Waals surface area (Å²) in [6.45, 7) is 11.3. The lowest BCUT2D eigenvalue weighted by atomic mass is 9.88. The molecule has 6 heteroatoms. The summed E-state index contributed by atoms with van der Waals surface area (Å²) in [5.74, 6) is 3.16. The van der Waals surface area contributed by atoms with Crippen LogP contribution in [0.1, 0.15) is 76.3 Å². The highest BCUT2D eigenvalue weighted by Gasteiger charge is 2.40. The van der Waals surface area contributed by atoms with Crippen molar-refractivity contribution in [3.8, 4) is 11.5 Å². The van der Waals surface area contributed by atoms with Crippen LogP contribution in [0.2, 0.25) is 0 Å². The average molecular weight is 543 g/mol. The zero-order chi connectivity index (χ0) is 27.3. The Bertz CT molecular complexity index is 1030. The van der Waals surface area contributed by atoms with E-state index in [1.165, 1.54) is 42.5 Å². The molecule has 1 saturated heterocycles. The Morgan fingerprint density at radius 3 is 2.37 bits per heavy atom. The predicted octanol–water partition coefficient (Wildman–Crippen LogP) is 7.32. The van der Waals surface area contributed by atoms with Gasteiger partial charge >= 0.3 is 0 Å². The molecule has 1 aliphatic heterocycles. The standard InChI is InChI=1S/C32H49NO4P/c1-32(2,3)17-7-9-26-13-14-28(36-4)21-31(26)33-18-15-24(16-19-33)22-37-29-10-6-8-27(20-29)30(25-11-12-25)23-38(5,34)35/h6,8,10,13-14,20-21,24-25,30,34-35H,7,9,11-12,15-19,22-23H2,1-5H3/q+1/t30-/m0/s1. The summed E-state index contributed by atoms with van der Waals surface area (Å²) in [4.78, 5) is 22.8. The molecule has 210 valence electrons. The van der Waals surface area contributed by atoms with Gasteiger partial charge < -0.3 is 14.4 Å². The molecule has 2 aromatic carbocycles. The second-order valence-electron chi connectivity index (χ2n) is 12.9. The fraction of sp³-hybridized carbons (Fsp3) is 0.625. The molecule has 2 fully saturated rings. The van der Waals surface area contributed by atoms with Crippen molar-refractivity contribution in [1.29, 1.82) is 0 Å². The smallest absolute Gasteiger partial charge is 0.265 e. The molecular formula is C32H49NO4P+. The molecule has 38 heavy (non-hydrogen) atoms. The molecule has 2 aromatic rings. The first kappa shape index (κ1) is 29.2. The van der Waals surface area contributed by atoms with Crippen LogP contribution >= 0.6 is 7.72 Å². The van der Waals surface area contributed by atoms with Crippen molar-refractivity contribution < 1.29 is 19.3 Å². The van der Waals surface area contributed by atoms with Gasteiger partial charge in [0, 0.05) is 30.8 Å². The lowest BCUT2D eigenvalue weighted by molar-refractivity contribution is 0.222. The zero-order valence-electron chi connectivity index (χ0n) is 24.2. The van der Waals surface area contributed by atoms with Crippen molar-refractivity contribution in [3.63, 3.8) is 0 Å². The van der Waals surface area contributed by atoms with E-state index in [9.17, 15) is 9.79 Å². The second kappa shape index (κ2) is 12.6. The van der Waals surface area contributed by atoms with Crippen LogP contribution in [0.3, 0.4) is 0 Å². The monoisotopic (exact) mass is 542 g/mol. The minimum atomic E-state index is -2.81. The van der Waals surface area contributed by atoms with Crippen molar-refractivity contribution in [1.82, 2.24) is 0 Å². The minimum absolute atomic E-state index is 0.218. The number of methoxy groups -OCH3 is 1. The first-order valence-corrected chi connectivity index (χ1v) is 16.8. The van der Waals surface area contributed by atoms with E-state index in [-0.39, 0.29) is 5.92 Å². The number of benzene rings is 2. The third-order valence-corrected chi connectivity index (χ3v) is 9.21. The second-order valence-corrected chi connectivity index (χ2v) is 15.5. The van der Waals surface area contributed by atoms with Crippen molar-refractivity contribution >= 4 is 13.4 Å². The quantitative estimate of drug-likeness (QED) is 0.275. The molecule has 0 aromatic heterocycles. The molecule has 0 spiro atoms. The van der Waals surface area contributed by atoms with Gasteiger partial charge in [-0.2, -0.15) is 0 Å². The van der Waals surface area contributed by atoms with Crippen LogP contribution in [0, 0.1) is 17.3 Å². The van der Waals surface area contributed by atoms with Crippen LogP contribution in [0.25, 0.3) is 0 Å². The van der Waals surface area contributed by atoms with E-state index >= 15 is 0 Å². The van der Waals surface area contributed by atoms with Crippen LogP contribution in [-0.4, -0.2) is 49.4 Å². The van der Waals surface area contributed by atoms with Crippen LogP contribution in [0.5, 0.6) is 11.5 Å². The highest BCUT2D eigenvalue weighted by Crippen LogP contribution is 2.55. The molecule has 0 radical (unpaired) electrons. The van der Waals surface area contributed by atoms with Gasteiger partial charge in [0.2, 0.25) is 0 Å². The fourth-order valence-corrected chi connectivity index (χ4v) is 7.03. The summed E-state index contributed by atoms with van der Waals surface area (Å²) in [7, 11) is -1.06. The van der Waals surface area contributed by atoms with E-state index in [0.29, 0.717) is 23.4 Å². The molecule has 1 heterocycles. The molecule has 5 nitrogen and oxygen atoms in total. The molecule has 0 amide bonds. The van der Waals surface area contributed by atoms with E-state index < -0.39 is 7.72 Å². The number of piperidine rings is 1. The Labute approximate surface area is 231 Å². The Kier molecular flexibility index (Phi) is 9.66. The topological polar surface area (TPSA) is 62.2 Å². The summed E-state index contributed by atoms with van der Waals surface area (Å²) >= 11 is 0. The number of nitrogens with zero attached hydrogens (tertiary/aromatic N) is 1. The number of anilines is 1. The summed E-state index contributed by atoms with van der Waals surface area (Å²) in [6.07, 6.45) is 8.59. The van der Waals surface area contributed by atoms with Gasteiger partial charge in [0.1, 0.15) is 24.3 Å². The summed E-state index contributed by atoms with van der Waals surface area (Å²) < 4.78 is 11.9. The van der Waals surface area contributed by atoms with Crippen molar-refractivity contribution in [3.05, 3.63) is 53.6 Å². The largest absolute Gasteiger partial charge is 0.497 e. The van der Waals surface area contributed by atoms with E-state index in [2.05, 4.69) is 62.1 Å². The van der Waals surface area contributed by atoms with Crippen LogP contribution in [-0.2, 0) is 6.42 Å². The minimum Gasteiger partial charge on any atom is -0.497 e. The van der Waals surface area contributed by atoms with Gasteiger partial charge in [-0.15, -0.1) is 0 Å². The maximum atomic E-state index is 10.1. The predicted molar refractivity (Wildman–Crippen MR) is 160 cm³/mol. The van der Waals surface area contributed by atoms with Gasteiger partial charge in [-0.3, -0.25) is 0 Å². The van der Waals surface area contributed by atoms with Crippen LogP contribution in [0.4, 0.5) is 5.69 Å². The van der Waals surface area contributed by atoms with Crippen molar-refractivity contribution in [2.45, 2.75) is 71.6 Å². The lowest BCUT2D eigenvalue weighted by Crippen LogP contribution is -2.36. The summed E-state index contributed by atoms with van der Waals surface area (Å²) in [6, 6.07) is 14.9. The van der Waals surface area contributed by atoms with Gasteiger partial charge in [-0.1, -0.05) is 39.0 Å². The molecular weight excluding hydrogens is 493 g/mol. The average Bonchev–Trinajstić information content (AvgIpc) is 3.71. The van der Waals surface area contributed by atoms with E-state index in [1.54, 1.807) is 13.8 Å². The number of rotatable bonds is 12. The third kappa shape index (κ3) is 8.86. The lowest BCUT2D eigenvalue weighted by Gasteiger charge is -2.35. The summed E-state index contributed by atoms with van der Waals surface area (Å²) in [5.41, 5.74) is 4.31. The van der Waals surface area contributed by atoms with Crippen molar-refractivity contribution in [2.75, 3.05) is 44.5 Å². The Morgan fingerprint density at radius 1 is 1.00 bits per heavy atom. The first-order valence-electron chi connectivity index (χ1n) is 14.5. The normalized spacial score (nSPS) is 17.9. The molecule has 2 aliphatic rings. The summed E-state index contributed by atoms with van der Waals surface area (Å²) in [5, 5.41) is 0. The van der Waals surface area contributed by atoms with E-state index in [1.807, 2.05) is 6.07 Å². The van der Waals surface area contributed by atoms with Gasteiger partial charge in [-0.05, 0) is 91.5 Å². The van der Waals surface area contributed by atoms with Gasteiger partial charge in [0.25, 0.3) is 7.72 Å². The Morgan fingerprint density at radius 2 is 1.74 bits per heavy atom. The highest BCUT2D eigenvalue weighted by atomic mass is 31.2. The third-order valence-electron chi connectivity index (χ3n) is 8.13. The van der Waals surface area contributed by atoms with Crippen molar-refractivity contribution in [2.24, 2.45) is 17.3 Å². The number of hydrogen-bond donors (Lipinski definition) is 2. The molecule has 0 unspecified atom stereocenters. The molecule has 4 rings (SSSR count). The Balaban J connectivity index is 1.32. The maximum Gasteiger partial charge on any atom is 0.265 e. The van der Waals surface area contributed by atoms with Gasteiger partial charge in [-0.25, -0.2) is 9.79 Å². The molecule has 1 aliphatic carbocycles. The molecule has 1 atom stereocenters. The van der Waals surface area contributed by atoms with Crippen LogP contribution in [0.15, 0.2) is 42.5 Å². The van der Waals surface area contributed by atoms with Gasteiger partial charge in [0.15, 0.2) is 0 Å². The maximum absolute atomic E-state index is 10.1. The van der Waals surface area contributed by atoms with E-state index in [4.69, 9.17) is 9.47 Å². The van der Waals surface area contributed by atoms with Gasteiger partial charge in [0.05, 0.1) is 13.7 Å². The number of ether oxygens (including phenoxy) is 2. The SMILES string of the molecule is COc1ccc(CCCC(C)(C)C)c(N2CCC(COc3cccc([C@@H](C[P+](C)(O)O)C4CC4)c3)CC2)c1. The zero-order valence-corrected chi connectivity index (χ0v) is 25.1. The highest BCUT2D eigenvalue weighted by molar-refractivity contribution is 7.63. The molecule has 0 bridgehead atoms. The van der Waals surface area contributed by atoms with Crippen LogP contribution < -0.4 is 14.4 Å². The number of hydrogen-bond acceptors (Lipinski definition) is 5. The molecule has 1 saturated carbocycles.